The predicted octanol–water partition coefficient (Wildman–Crippen LogP) is 4.77. The van der Waals surface area contributed by atoms with Gasteiger partial charge in [-0.25, -0.2) is 0 Å². The molecule has 34 heavy (non-hydrogen) atoms. The molecule has 2 aromatic carbocycles. The maximum atomic E-state index is 13.0. The summed E-state index contributed by atoms with van der Waals surface area (Å²) in [6.45, 7) is 1.99. The second kappa shape index (κ2) is 9.06. The van der Waals surface area contributed by atoms with E-state index in [0.717, 1.165) is 17.6 Å². The molecule has 1 N–H and O–H groups in total. The number of pyridine rings is 1. The molecule has 6 nitrogen and oxygen atoms in total. The van der Waals surface area contributed by atoms with Gasteiger partial charge in [0.2, 0.25) is 11.8 Å². The normalized spacial score (nSPS) is 19.6. The molecule has 1 aliphatic carbocycles. The number of carbonyl (C=O) groups is 3. The third kappa shape index (κ3) is 4.27. The Morgan fingerprint density at radius 3 is 2.44 bits per heavy atom. The van der Waals surface area contributed by atoms with E-state index in [1.54, 1.807) is 36.7 Å². The Morgan fingerprint density at radius 2 is 1.68 bits per heavy atom. The van der Waals surface area contributed by atoms with E-state index in [1.165, 1.54) is 10.5 Å². The number of hydrogen-bond donors (Lipinski definition) is 1. The van der Waals surface area contributed by atoms with Gasteiger partial charge in [0.05, 0.1) is 17.5 Å². The van der Waals surface area contributed by atoms with E-state index in [0.29, 0.717) is 29.8 Å². The van der Waals surface area contributed by atoms with Crippen molar-refractivity contribution in [2.45, 2.75) is 26.2 Å². The first kappa shape index (κ1) is 21.8. The quantitative estimate of drug-likeness (QED) is 0.448. The first-order valence-corrected chi connectivity index (χ1v) is 11.4. The van der Waals surface area contributed by atoms with Crippen LogP contribution in [0.3, 0.4) is 0 Å². The molecular formula is C28H25N3O3. The Hall–Kier alpha value is -4.06. The second-order valence-electron chi connectivity index (χ2n) is 8.95. The Labute approximate surface area is 198 Å². The molecule has 1 aliphatic heterocycles. The summed E-state index contributed by atoms with van der Waals surface area (Å²) in [6, 6.07) is 18.3. The number of amides is 3. The number of aromatic nitrogens is 1. The van der Waals surface area contributed by atoms with Crippen LogP contribution >= 0.6 is 0 Å². The van der Waals surface area contributed by atoms with Gasteiger partial charge >= 0.3 is 0 Å². The van der Waals surface area contributed by atoms with Gasteiger partial charge in [0.1, 0.15) is 0 Å². The number of anilines is 2. The van der Waals surface area contributed by atoms with E-state index in [2.05, 4.69) is 10.3 Å². The van der Waals surface area contributed by atoms with E-state index in [1.807, 2.05) is 49.4 Å². The van der Waals surface area contributed by atoms with Crippen molar-refractivity contribution in [3.05, 3.63) is 101 Å². The van der Waals surface area contributed by atoms with Crippen LogP contribution in [0, 0.1) is 11.8 Å². The molecule has 1 aromatic heterocycles. The van der Waals surface area contributed by atoms with Crippen molar-refractivity contribution in [1.82, 2.24) is 4.98 Å². The van der Waals surface area contributed by atoms with Gasteiger partial charge in [0, 0.05) is 23.6 Å². The molecular weight excluding hydrogens is 426 g/mol. The molecule has 5 rings (SSSR count). The van der Waals surface area contributed by atoms with Gasteiger partial charge in [-0.05, 0) is 79.8 Å². The van der Waals surface area contributed by atoms with Crippen molar-refractivity contribution in [2.24, 2.45) is 11.8 Å². The highest BCUT2D eigenvalue weighted by atomic mass is 16.2. The molecule has 2 atom stereocenters. The Bertz CT molecular complexity index is 1280. The van der Waals surface area contributed by atoms with Crippen molar-refractivity contribution in [2.75, 3.05) is 10.2 Å². The van der Waals surface area contributed by atoms with Crippen LogP contribution in [-0.2, 0) is 16.0 Å². The summed E-state index contributed by atoms with van der Waals surface area (Å²) < 4.78 is 0. The average Bonchev–Trinajstić information content (AvgIpc) is 3.10. The van der Waals surface area contributed by atoms with Gasteiger partial charge in [0.15, 0.2) is 0 Å². The van der Waals surface area contributed by atoms with Crippen LogP contribution in [0.2, 0.25) is 0 Å². The molecule has 1 saturated heterocycles. The minimum atomic E-state index is -0.306. The van der Waals surface area contributed by atoms with E-state index in [-0.39, 0.29) is 29.6 Å². The third-order valence-corrected chi connectivity index (χ3v) is 6.56. The topological polar surface area (TPSA) is 79.4 Å². The number of nitrogens with zero attached hydrogens (tertiary/aromatic N) is 2. The summed E-state index contributed by atoms with van der Waals surface area (Å²) in [5.41, 5.74) is 4.95. The van der Waals surface area contributed by atoms with Gasteiger partial charge in [-0.15, -0.1) is 0 Å². The van der Waals surface area contributed by atoms with Crippen molar-refractivity contribution in [1.29, 1.82) is 0 Å². The fourth-order valence-electron chi connectivity index (χ4n) is 4.72. The minimum absolute atomic E-state index is 0.176. The van der Waals surface area contributed by atoms with Crippen LogP contribution in [0.25, 0.3) is 0 Å². The largest absolute Gasteiger partial charge is 0.322 e. The van der Waals surface area contributed by atoms with Gasteiger partial charge in [-0.2, -0.15) is 0 Å². The van der Waals surface area contributed by atoms with Gasteiger partial charge in [-0.3, -0.25) is 24.3 Å². The van der Waals surface area contributed by atoms with E-state index in [4.69, 9.17) is 0 Å². The summed E-state index contributed by atoms with van der Waals surface area (Å²) in [5.74, 6) is -1.26. The summed E-state index contributed by atoms with van der Waals surface area (Å²) in [4.78, 5) is 44.2. The molecule has 170 valence electrons. The molecule has 0 radical (unpaired) electrons. The molecule has 3 amide bonds. The van der Waals surface area contributed by atoms with Crippen LogP contribution in [-0.4, -0.2) is 22.7 Å². The van der Waals surface area contributed by atoms with E-state index >= 15 is 0 Å². The summed E-state index contributed by atoms with van der Waals surface area (Å²) >= 11 is 0. The van der Waals surface area contributed by atoms with Crippen LogP contribution in [0.1, 0.15) is 41.3 Å². The van der Waals surface area contributed by atoms with E-state index < -0.39 is 0 Å². The number of benzene rings is 2. The monoisotopic (exact) mass is 451 g/mol. The van der Waals surface area contributed by atoms with Crippen LogP contribution < -0.4 is 10.2 Å². The zero-order valence-corrected chi connectivity index (χ0v) is 18.9. The molecule has 6 heteroatoms. The van der Waals surface area contributed by atoms with Crippen molar-refractivity contribution < 1.29 is 14.4 Å². The molecule has 3 aromatic rings. The zero-order valence-electron chi connectivity index (χ0n) is 18.9. The number of allylic oxidation sites excluding steroid dienone is 2. The number of rotatable bonds is 5. The summed E-state index contributed by atoms with van der Waals surface area (Å²) in [7, 11) is 0. The predicted molar refractivity (Wildman–Crippen MR) is 130 cm³/mol. The summed E-state index contributed by atoms with van der Waals surface area (Å²) in [5, 5.41) is 2.90. The fourth-order valence-corrected chi connectivity index (χ4v) is 4.72. The Kier molecular flexibility index (Phi) is 5.80. The molecule has 2 heterocycles. The van der Waals surface area contributed by atoms with Crippen LogP contribution in [0.4, 0.5) is 11.4 Å². The number of nitrogens with one attached hydrogen (secondary N) is 1. The maximum Gasteiger partial charge on any atom is 0.255 e. The van der Waals surface area contributed by atoms with Gasteiger partial charge in [0.25, 0.3) is 5.91 Å². The third-order valence-electron chi connectivity index (χ3n) is 6.56. The van der Waals surface area contributed by atoms with Crippen molar-refractivity contribution in [3.8, 4) is 0 Å². The lowest BCUT2D eigenvalue weighted by Crippen LogP contribution is -2.31. The Morgan fingerprint density at radius 1 is 0.971 bits per heavy atom. The number of carbonyl (C=O) groups excluding carboxylic acids is 3. The van der Waals surface area contributed by atoms with Crippen molar-refractivity contribution >= 4 is 29.1 Å². The zero-order chi connectivity index (χ0) is 23.7. The fraction of sp³-hybridized carbons (Fsp3) is 0.214. The summed E-state index contributed by atoms with van der Waals surface area (Å²) in [6.07, 6.45) is 7.58. The number of hydrogen-bond acceptors (Lipinski definition) is 4. The molecule has 0 spiro atoms. The standard InChI is InChI=1S/C28H25N3O3/c1-18-5-10-24-25(15-18)28(34)31(27(24)33)23-4-2-3-21(17-23)26(32)30-22-8-6-19(7-9-22)16-20-11-13-29-14-12-20/h2-9,11-14,17,24-25H,10,15-16H2,1H3,(H,30,32)/t24-,25+/m0/s1. The highest BCUT2D eigenvalue weighted by Crippen LogP contribution is 2.39. The molecule has 0 saturated carbocycles. The number of imide groups is 1. The maximum absolute atomic E-state index is 13.0. The lowest BCUT2D eigenvalue weighted by Gasteiger charge is -2.18. The average molecular weight is 452 g/mol. The molecule has 0 unspecified atom stereocenters. The smallest absolute Gasteiger partial charge is 0.255 e. The first-order valence-electron chi connectivity index (χ1n) is 11.4. The molecule has 0 bridgehead atoms. The lowest BCUT2D eigenvalue weighted by molar-refractivity contribution is -0.122. The van der Waals surface area contributed by atoms with Crippen LogP contribution in [0.15, 0.2) is 84.7 Å². The highest BCUT2D eigenvalue weighted by molar-refractivity contribution is 6.22. The number of fused-ring (bicyclic) bond motifs is 1. The molecule has 2 aliphatic rings. The second-order valence-corrected chi connectivity index (χ2v) is 8.95. The first-order chi connectivity index (χ1) is 16.5. The minimum Gasteiger partial charge on any atom is -0.322 e. The van der Waals surface area contributed by atoms with Crippen molar-refractivity contribution in [3.63, 3.8) is 0 Å². The molecule has 1 fully saturated rings. The highest BCUT2D eigenvalue weighted by Gasteiger charge is 2.48. The van der Waals surface area contributed by atoms with Gasteiger partial charge in [-0.1, -0.05) is 29.8 Å². The SMILES string of the molecule is CC1=CC[C@@H]2C(=O)N(c3cccc(C(=O)Nc4ccc(Cc5ccncc5)cc4)c3)C(=O)[C@@H]2C1. The van der Waals surface area contributed by atoms with E-state index in [9.17, 15) is 14.4 Å². The van der Waals surface area contributed by atoms with Gasteiger partial charge < -0.3 is 5.32 Å². The van der Waals surface area contributed by atoms with Crippen LogP contribution in [0.5, 0.6) is 0 Å². The lowest BCUT2D eigenvalue weighted by atomic mass is 9.82. The Balaban J connectivity index is 1.29.